The summed E-state index contributed by atoms with van der Waals surface area (Å²) in [5.41, 5.74) is 0.565. The van der Waals surface area contributed by atoms with Gasteiger partial charge in [0.25, 0.3) is 15.0 Å². The minimum Gasteiger partial charge on any atom is -0.480 e. The van der Waals surface area contributed by atoms with Crippen LogP contribution in [0.3, 0.4) is 0 Å². The Morgan fingerprint density at radius 2 is 2.14 bits per heavy atom. The summed E-state index contributed by atoms with van der Waals surface area (Å²) in [6.07, 6.45) is 2.84. The summed E-state index contributed by atoms with van der Waals surface area (Å²) in [4.78, 5) is 12.3. The van der Waals surface area contributed by atoms with Crippen molar-refractivity contribution >= 4 is 25.6 Å². The maximum atomic E-state index is 12.2. The van der Waals surface area contributed by atoms with E-state index in [1.54, 1.807) is 6.07 Å². The number of hydrogen-bond donors (Lipinski definition) is 1. The predicted molar refractivity (Wildman–Crippen MR) is 78.0 cm³/mol. The number of carbonyl (C=O) groups excluding carboxylic acids is 1. The molecule has 1 fully saturated rings. The first-order valence-corrected chi connectivity index (χ1v) is 9.14. The van der Waals surface area contributed by atoms with Crippen molar-refractivity contribution < 1.29 is 17.9 Å². The maximum Gasteiger partial charge on any atom is 0.261 e. The fourth-order valence-electron chi connectivity index (χ4n) is 2.73. The van der Waals surface area contributed by atoms with Crippen molar-refractivity contribution in [3.63, 3.8) is 0 Å². The number of carbonyl (C=O) groups is 1. The van der Waals surface area contributed by atoms with Gasteiger partial charge < -0.3 is 10.1 Å². The monoisotopic (exact) mass is 329 g/mol. The molecule has 1 atom stereocenters. The van der Waals surface area contributed by atoms with Crippen LogP contribution in [0.15, 0.2) is 23.1 Å². The first-order chi connectivity index (χ1) is 9.77. The minimum absolute atomic E-state index is 0.0264. The Kier molecular flexibility index (Phi) is 3.41. The van der Waals surface area contributed by atoms with Crippen LogP contribution >= 0.6 is 10.7 Å². The minimum atomic E-state index is -3.77. The van der Waals surface area contributed by atoms with Gasteiger partial charge in [0.2, 0.25) is 0 Å². The second-order valence-corrected chi connectivity index (χ2v) is 8.49. The molecule has 5 nitrogen and oxygen atoms in total. The lowest BCUT2D eigenvalue weighted by Gasteiger charge is -2.39. The molecule has 3 rings (SSSR count). The molecule has 1 N–H and O–H groups in total. The zero-order valence-corrected chi connectivity index (χ0v) is 13.1. The lowest BCUT2D eigenvalue weighted by Crippen LogP contribution is -2.54. The molecular formula is C14H16ClNO4S. The van der Waals surface area contributed by atoms with Gasteiger partial charge in [-0.1, -0.05) is 0 Å². The average Bonchev–Trinajstić information content (AvgIpc) is 2.78. The molecule has 114 valence electrons. The number of rotatable bonds is 3. The number of hydrogen-bond acceptors (Lipinski definition) is 4. The van der Waals surface area contributed by atoms with Gasteiger partial charge in [0.15, 0.2) is 6.10 Å². The lowest BCUT2D eigenvalue weighted by molar-refractivity contribution is -0.130. The van der Waals surface area contributed by atoms with Gasteiger partial charge in [-0.15, -0.1) is 0 Å². The van der Waals surface area contributed by atoms with Crippen molar-refractivity contribution in [1.82, 2.24) is 5.32 Å². The highest BCUT2D eigenvalue weighted by Crippen LogP contribution is 2.34. The fourth-order valence-corrected chi connectivity index (χ4v) is 3.53. The summed E-state index contributed by atoms with van der Waals surface area (Å²) in [6, 6.07) is 4.40. The number of amides is 1. The normalized spacial score (nSPS) is 22.9. The largest absolute Gasteiger partial charge is 0.480 e. The molecular weight excluding hydrogens is 314 g/mol. The van der Waals surface area contributed by atoms with E-state index in [0.717, 1.165) is 19.3 Å². The van der Waals surface area contributed by atoms with Crippen LogP contribution in [-0.2, 0) is 20.3 Å². The number of nitrogens with one attached hydrogen (secondary N) is 1. The van der Waals surface area contributed by atoms with Gasteiger partial charge in [0, 0.05) is 22.6 Å². The van der Waals surface area contributed by atoms with Gasteiger partial charge >= 0.3 is 0 Å². The Bertz CT molecular complexity index is 697. The maximum absolute atomic E-state index is 12.2. The molecule has 1 heterocycles. The molecule has 0 bridgehead atoms. The Hall–Kier alpha value is -1.27. The number of halogens is 1. The molecule has 1 aliphatic heterocycles. The van der Waals surface area contributed by atoms with Crippen molar-refractivity contribution in [2.75, 3.05) is 0 Å². The third-order valence-electron chi connectivity index (χ3n) is 4.16. The Labute approximate surface area is 128 Å². The molecule has 7 heteroatoms. The lowest BCUT2D eigenvalue weighted by atomic mass is 9.78. The zero-order valence-electron chi connectivity index (χ0n) is 11.6. The fraction of sp³-hybridized carbons (Fsp3) is 0.500. The molecule has 1 aliphatic carbocycles. The van der Waals surface area contributed by atoms with Crippen LogP contribution in [0.5, 0.6) is 5.75 Å². The van der Waals surface area contributed by atoms with Crippen molar-refractivity contribution in [1.29, 1.82) is 0 Å². The average molecular weight is 330 g/mol. The Morgan fingerprint density at radius 1 is 1.43 bits per heavy atom. The SMILES string of the molecule is CC1(NC(=O)C2Cc3cc(S(=O)(=O)Cl)ccc3O2)CCC1. The highest BCUT2D eigenvalue weighted by Gasteiger charge is 2.37. The topological polar surface area (TPSA) is 72.5 Å². The highest BCUT2D eigenvalue weighted by molar-refractivity contribution is 8.13. The van der Waals surface area contributed by atoms with Crippen LogP contribution in [0.2, 0.25) is 0 Å². The molecule has 0 saturated heterocycles. The van der Waals surface area contributed by atoms with Crippen LogP contribution in [0.25, 0.3) is 0 Å². The van der Waals surface area contributed by atoms with Crippen LogP contribution in [0.4, 0.5) is 0 Å². The first-order valence-electron chi connectivity index (χ1n) is 6.83. The molecule has 0 radical (unpaired) electrons. The molecule has 2 aliphatic rings. The zero-order chi connectivity index (χ0) is 15.3. The summed E-state index contributed by atoms with van der Waals surface area (Å²) >= 11 is 0. The molecule has 21 heavy (non-hydrogen) atoms. The molecule has 1 aromatic carbocycles. The standard InChI is InChI=1S/C14H16ClNO4S/c1-14(5-2-6-14)16-13(17)12-8-9-7-10(21(15,18)19)3-4-11(9)20-12/h3-4,7,12H,2,5-6,8H2,1H3,(H,16,17). The first kappa shape index (κ1) is 14.7. The van der Waals surface area contributed by atoms with Gasteiger partial charge in [-0.2, -0.15) is 0 Å². The van der Waals surface area contributed by atoms with Crippen molar-refractivity contribution in [2.24, 2.45) is 0 Å². The summed E-state index contributed by atoms with van der Waals surface area (Å²) < 4.78 is 28.3. The van der Waals surface area contributed by atoms with Crippen molar-refractivity contribution in [2.45, 2.75) is 49.1 Å². The van der Waals surface area contributed by atoms with Gasteiger partial charge in [-0.25, -0.2) is 8.42 Å². The molecule has 1 saturated carbocycles. The van der Waals surface area contributed by atoms with Gasteiger partial charge in [-0.3, -0.25) is 4.79 Å². The van der Waals surface area contributed by atoms with E-state index in [2.05, 4.69) is 5.32 Å². The Balaban J connectivity index is 1.74. The highest BCUT2D eigenvalue weighted by atomic mass is 35.7. The van der Waals surface area contributed by atoms with Gasteiger partial charge in [0.05, 0.1) is 4.90 Å². The van der Waals surface area contributed by atoms with E-state index in [1.165, 1.54) is 12.1 Å². The summed E-state index contributed by atoms with van der Waals surface area (Å²) in [5, 5.41) is 3.01. The summed E-state index contributed by atoms with van der Waals surface area (Å²) in [7, 11) is 1.56. The second kappa shape index (κ2) is 4.88. The summed E-state index contributed by atoms with van der Waals surface area (Å²) in [5.74, 6) is 0.390. The van der Waals surface area contributed by atoms with E-state index < -0.39 is 15.2 Å². The van der Waals surface area contributed by atoms with Crippen LogP contribution in [-0.4, -0.2) is 26.0 Å². The molecule has 0 spiro atoms. The van der Waals surface area contributed by atoms with Crippen LogP contribution in [0, 0.1) is 0 Å². The van der Waals surface area contributed by atoms with Crippen LogP contribution in [0.1, 0.15) is 31.7 Å². The van der Waals surface area contributed by atoms with E-state index in [0.29, 0.717) is 17.7 Å². The number of ether oxygens (including phenoxy) is 1. The molecule has 1 amide bonds. The number of benzene rings is 1. The van der Waals surface area contributed by atoms with E-state index in [-0.39, 0.29) is 16.3 Å². The van der Waals surface area contributed by atoms with Crippen molar-refractivity contribution in [3.05, 3.63) is 23.8 Å². The van der Waals surface area contributed by atoms with E-state index in [9.17, 15) is 13.2 Å². The molecule has 0 aromatic heterocycles. The molecule has 1 aromatic rings. The van der Waals surface area contributed by atoms with Crippen molar-refractivity contribution in [3.8, 4) is 5.75 Å². The van der Waals surface area contributed by atoms with Gasteiger partial charge in [0.1, 0.15) is 5.75 Å². The van der Waals surface area contributed by atoms with Crippen LogP contribution < -0.4 is 10.1 Å². The quantitative estimate of drug-likeness (QED) is 0.861. The Morgan fingerprint density at radius 3 is 2.71 bits per heavy atom. The van der Waals surface area contributed by atoms with E-state index >= 15 is 0 Å². The van der Waals surface area contributed by atoms with Gasteiger partial charge in [-0.05, 0) is 49.9 Å². The predicted octanol–water partition coefficient (Wildman–Crippen LogP) is 1.98. The molecule has 1 unspecified atom stereocenters. The number of fused-ring (bicyclic) bond motifs is 1. The second-order valence-electron chi connectivity index (χ2n) is 5.92. The smallest absolute Gasteiger partial charge is 0.261 e. The van der Waals surface area contributed by atoms with E-state index in [1.807, 2.05) is 6.92 Å². The third kappa shape index (κ3) is 2.87. The van der Waals surface area contributed by atoms with E-state index in [4.69, 9.17) is 15.4 Å². The summed E-state index contributed by atoms with van der Waals surface area (Å²) in [6.45, 7) is 2.02. The third-order valence-corrected chi connectivity index (χ3v) is 5.51.